The fourth-order valence-electron chi connectivity index (χ4n) is 2.91. The van der Waals surface area contributed by atoms with Crippen molar-refractivity contribution in [3.8, 4) is 0 Å². The Morgan fingerprint density at radius 2 is 2.25 bits per heavy atom. The average Bonchev–Trinajstić information content (AvgIpc) is 2.79. The molecule has 1 aromatic heterocycles. The molecule has 20 heavy (non-hydrogen) atoms. The van der Waals surface area contributed by atoms with Crippen LogP contribution in [0.3, 0.4) is 0 Å². The number of ether oxygens (including phenoxy) is 1. The monoisotopic (exact) mass is 335 g/mol. The molecule has 0 aliphatic heterocycles. The fourth-order valence-corrected chi connectivity index (χ4v) is 3.28. The molecule has 0 amide bonds. The summed E-state index contributed by atoms with van der Waals surface area (Å²) in [5.41, 5.74) is 1.82. The molecule has 1 aliphatic carbocycles. The molecule has 4 heteroatoms. The number of ketones is 1. The van der Waals surface area contributed by atoms with Crippen LogP contribution in [0.5, 0.6) is 0 Å². The van der Waals surface area contributed by atoms with E-state index in [4.69, 9.17) is 4.74 Å². The molecule has 0 bridgehead atoms. The minimum Gasteiger partial charge on any atom is -0.378 e. The quantitative estimate of drug-likeness (QED) is 0.827. The van der Waals surface area contributed by atoms with E-state index >= 15 is 0 Å². The van der Waals surface area contributed by atoms with Crippen LogP contribution < -0.4 is 0 Å². The van der Waals surface area contributed by atoms with Crippen LogP contribution >= 0.6 is 15.9 Å². The van der Waals surface area contributed by atoms with Crippen LogP contribution in [0, 0.1) is 5.92 Å². The summed E-state index contributed by atoms with van der Waals surface area (Å²) in [7, 11) is 0. The van der Waals surface area contributed by atoms with Gasteiger partial charge in [0.1, 0.15) is 0 Å². The third-order valence-electron chi connectivity index (χ3n) is 4.01. The van der Waals surface area contributed by atoms with Crippen molar-refractivity contribution in [2.45, 2.75) is 32.3 Å². The topological polar surface area (TPSA) is 42.1 Å². The van der Waals surface area contributed by atoms with Crippen LogP contribution in [0.25, 0.3) is 10.9 Å². The first-order valence-electron chi connectivity index (χ1n) is 7.08. The molecule has 0 radical (unpaired) electrons. The summed E-state index contributed by atoms with van der Waals surface area (Å²) in [6.07, 6.45) is 4.88. The Morgan fingerprint density at radius 3 is 3.00 bits per heavy atom. The van der Waals surface area contributed by atoms with Gasteiger partial charge in [-0.2, -0.15) is 0 Å². The minimum absolute atomic E-state index is 0.235. The van der Waals surface area contributed by atoms with Gasteiger partial charge in [-0.15, -0.1) is 0 Å². The van der Waals surface area contributed by atoms with Crippen LogP contribution in [-0.2, 0) is 4.74 Å². The Balaban J connectivity index is 1.68. The Labute approximate surface area is 126 Å². The zero-order valence-corrected chi connectivity index (χ0v) is 13.1. The number of hydrogen-bond acceptors (Lipinski definition) is 2. The lowest BCUT2D eigenvalue weighted by Gasteiger charge is -2.34. The standard InChI is InChI=1S/C16H18BrNO2/c1-2-20-12-5-10(6-12)7-16(19)14-9-18-15-8-11(17)3-4-13(14)15/h3-4,8-10,12,18H,2,5-7H2,1H3. The van der Waals surface area contributed by atoms with Crippen molar-refractivity contribution >= 4 is 32.6 Å². The predicted octanol–water partition coefficient (Wildman–Crippen LogP) is 4.32. The van der Waals surface area contributed by atoms with E-state index in [0.29, 0.717) is 18.4 Å². The summed E-state index contributed by atoms with van der Waals surface area (Å²) in [6.45, 7) is 2.78. The third kappa shape index (κ3) is 2.67. The number of aromatic nitrogens is 1. The first-order chi connectivity index (χ1) is 9.67. The molecule has 0 saturated heterocycles. The van der Waals surface area contributed by atoms with Crippen molar-refractivity contribution in [3.05, 3.63) is 34.4 Å². The van der Waals surface area contributed by atoms with Crippen molar-refractivity contribution in [1.82, 2.24) is 4.98 Å². The SMILES string of the molecule is CCOC1CC(CC(=O)c2c[nH]c3cc(Br)ccc23)C1. The van der Waals surface area contributed by atoms with Crippen LogP contribution in [0.4, 0.5) is 0 Å². The summed E-state index contributed by atoms with van der Waals surface area (Å²) >= 11 is 3.44. The highest BCUT2D eigenvalue weighted by Gasteiger charge is 2.31. The van der Waals surface area contributed by atoms with Gasteiger partial charge in [-0.1, -0.05) is 22.0 Å². The van der Waals surface area contributed by atoms with Gasteiger partial charge < -0.3 is 9.72 Å². The highest BCUT2D eigenvalue weighted by molar-refractivity contribution is 9.10. The Bertz CT molecular complexity index is 628. The van der Waals surface area contributed by atoms with Crippen molar-refractivity contribution in [2.75, 3.05) is 6.61 Å². The number of halogens is 1. The fraction of sp³-hybridized carbons (Fsp3) is 0.438. The lowest BCUT2D eigenvalue weighted by atomic mass is 9.78. The number of H-pyrrole nitrogens is 1. The maximum absolute atomic E-state index is 12.4. The number of benzene rings is 1. The number of rotatable bonds is 5. The molecule has 1 aromatic carbocycles. The number of Topliss-reactive ketones (excluding diaryl/α,β-unsaturated/α-hetero) is 1. The number of fused-ring (bicyclic) bond motifs is 1. The summed E-state index contributed by atoms with van der Waals surface area (Å²) in [4.78, 5) is 15.6. The number of carbonyl (C=O) groups excluding carboxylic acids is 1. The van der Waals surface area contributed by atoms with Gasteiger partial charge in [-0.25, -0.2) is 0 Å². The molecule has 3 nitrogen and oxygen atoms in total. The number of nitrogens with one attached hydrogen (secondary N) is 1. The molecular formula is C16H18BrNO2. The molecule has 1 saturated carbocycles. The van der Waals surface area contributed by atoms with E-state index in [1.807, 2.05) is 31.3 Å². The summed E-state index contributed by atoms with van der Waals surface area (Å²) in [6, 6.07) is 5.97. The second-order valence-corrected chi connectivity index (χ2v) is 6.35. The zero-order valence-electron chi connectivity index (χ0n) is 11.5. The van der Waals surface area contributed by atoms with Crippen LogP contribution in [0.15, 0.2) is 28.9 Å². The van der Waals surface area contributed by atoms with Gasteiger partial charge in [0, 0.05) is 40.2 Å². The van der Waals surface area contributed by atoms with Crippen LogP contribution in [-0.4, -0.2) is 23.5 Å². The molecule has 1 heterocycles. The first kappa shape index (κ1) is 13.8. The molecule has 106 valence electrons. The van der Waals surface area contributed by atoms with Gasteiger partial charge >= 0.3 is 0 Å². The Morgan fingerprint density at radius 1 is 1.45 bits per heavy atom. The lowest BCUT2D eigenvalue weighted by Crippen LogP contribution is -2.32. The number of carbonyl (C=O) groups is 1. The Hall–Kier alpha value is -1.13. The van der Waals surface area contributed by atoms with Gasteiger partial charge in [0.05, 0.1) is 6.10 Å². The van der Waals surface area contributed by atoms with E-state index < -0.39 is 0 Å². The predicted molar refractivity (Wildman–Crippen MR) is 83.1 cm³/mol. The van der Waals surface area contributed by atoms with Crippen molar-refractivity contribution < 1.29 is 9.53 Å². The van der Waals surface area contributed by atoms with E-state index in [1.165, 1.54) is 0 Å². The minimum atomic E-state index is 0.235. The van der Waals surface area contributed by atoms with Gasteiger partial charge in [0.15, 0.2) is 5.78 Å². The zero-order chi connectivity index (χ0) is 14.1. The van der Waals surface area contributed by atoms with E-state index in [0.717, 1.165) is 40.4 Å². The van der Waals surface area contributed by atoms with Gasteiger partial charge in [-0.05, 0) is 37.8 Å². The van der Waals surface area contributed by atoms with E-state index in [2.05, 4.69) is 20.9 Å². The number of aromatic amines is 1. The van der Waals surface area contributed by atoms with E-state index in [1.54, 1.807) is 0 Å². The molecular weight excluding hydrogens is 318 g/mol. The molecule has 0 spiro atoms. The second kappa shape index (κ2) is 5.70. The highest BCUT2D eigenvalue weighted by atomic mass is 79.9. The first-order valence-corrected chi connectivity index (χ1v) is 7.88. The Kier molecular flexibility index (Phi) is 3.94. The molecule has 0 atom stereocenters. The maximum Gasteiger partial charge on any atom is 0.165 e. The summed E-state index contributed by atoms with van der Waals surface area (Å²) < 4.78 is 6.56. The highest BCUT2D eigenvalue weighted by Crippen LogP contribution is 2.34. The van der Waals surface area contributed by atoms with E-state index in [-0.39, 0.29) is 5.78 Å². The molecule has 2 aromatic rings. The van der Waals surface area contributed by atoms with E-state index in [9.17, 15) is 4.79 Å². The smallest absolute Gasteiger partial charge is 0.165 e. The van der Waals surface area contributed by atoms with Crippen LogP contribution in [0.1, 0.15) is 36.5 Å². The van der Waals surface area contributed by atoms with Crippen LogP contribution in [0.2, 0.25) is 0 Å². The molecule has 0 unspecified atom stereocenters. The summed E-state index contributed by atoms with van der Waals surface area (Å²) in [5, 5.41) is 1.01. The molecule has 1 N–H and O–H groups in total. The largest absolute Gasteiger partial charge is 0.378 e. The summed E-state index contributed by atoms with van der Waals surface area (Å²) in [5.74, 6) is 0.720. The molecule has 3 rings (SSSR count). The third-order valence-corrected chi connectivity index (χ3v) is 4.51. The second-order valence-electron chi connectivity index (χ2n) is 5.43. The van der Waals surface area contributed by atoms with Gasteiger partial charge in [0.25, 0.3) is 0 Å². The lowest BCUT2D eigenvalue weighted by molar-refractivity contribution is -0.0245. The van der Waals surface area contributed by atoms with Gasteiger partial charge in [0.2, 0.25) is 0 Å². The maximum atomic E-state index is 12.4. The normalized spacial score (nSPS) is 21.9. The molecule has 1 aliphatic rings. The van der Waals surface area contributed by atoms with Crippen molar-refractivity contribution in [1.29, 1.82) is 0 Å². The van der Waals surface area contributed by atoms with Crippen molar-refractivity contribution in [3.63, 3.8) is 0 Å². The average molecular weight is 336 g/mol. The van der Waals surface area contributed by atoms with Gasteiger partial charge in [-0.3, -0.25) is 4.79 Å². The number of hydrogen-bond donors (Lipinski definition) is 1. The molecule has 1 fully saturated rings. The van der Waals surface area contributed by atoms with Crippen molar-refractivity contribution in [2.24, 2.45) is 5.92 Å².